The summed E-state index contributed by atoms with van der Waals surface area (Å²) in [7, 11) is -1.19. The van der Waals surface area contributed by atoms with Crippen LogP contribution in [0.1, 0.15) is 32.1 Å². The molecule has 0 bridgehead atoms. The average Bonchev–Trinajstić information content (AvgIpc) is 2.73. The lowest BCUT2D eigenvalue weighted by Crippen LogP contribution is -2.37. The maximum Gasteiger partial charge on any atom is 0.0755 e. The van der Waals surface area contributed by atoms with E-state index >= 15 is 0 Å². The fourth-order valence-electron chi connectivity index (χ4n) is 2.55. The van der Waals surface area contributed by atoms with Crippen LogP contribution in [0.5, 0.6) is 0 Å². The highest BCUT2D eigenvalue weighted by atomic mass is 28.3. The fraction of sp³-hybridized carbons (Fsp3) is 0.833. The average molecular weight is 210 g/mol. The van der Waals surface area contributed by atoms with Crippen molar-refractivity contribution in [3.05, 3.63) is 11.6 Å². The topological polar surface area (TPSA) is 20.2 Å². The molecule has 2 saturated carbocycles. The van der Waals surface area contributed by atoms with E-state index in [0.29, 0.717) is 5.04 Å². The smallest absolute Gasteiger partial charge is 0.0755 e. The molecule has 0 spiro atoms. The van der Waals surface area contributed by atoms with Gasteiger partial charge in [0.15, 0.2) is 0 Å². The van der Waals surface area contributed by atoms with Gasteiger partial charge in [-0.2, -0.15) is 0 Å². The van der Waals surface area contributed by atoms with E-state index in [1.165, 1.54) is 37.7 Å². The van der Waals surface area contributed by atoms with Crippen LogP contribution in [0.4, 0.5) is 0 Å². The first-order valence-electron chi connectivity index (χ1n) is 5.83. The van der Waals surface area contributed by atoms with Crippen molar-refractivity contribution in [2.24, 2.45) is 0 Å². The fourth-order valence-corrected chi connectivity index (χ4v) is 5.15. The van der Waals surface area contributed by atoms with Crippen LogP contribution >= 0.6 is 0 Å². The van der Waals surface area contributed by atoms with E-state index in [1.54, 1.807) is 0 Å². The van der Waals surface area contributed by atoms with E-state index in [2.05, 4.69) is 25.7 Å². The van der Waals surface area contributed by atoms with Crippen molar-refractivity contribution >= 4 is 8.07 Å². The van der Waals surface area contributed by atoms with Crippen molar-refractivity contribution in [2.75, 3.05) is 0 Å². The summed E-state index contributed by atoms with van der Waals surface area (Å²) in [6.07, 6.45) is 8.36. The molecule has 2 heteroatoms. The molecule has 0 heterocycles. The van der Waals surface area contributed by atoms with Gasteiger partial charge in [0.05, 0.1) is 14.2 Å². The predicted molar refractivity (Wildman–Crippen MR) is 63.2 cm³/mol. The molecule has 0 aromatic heterocycles. The van der Waals surface area contributed by atoms with Gasteiger partial charge in [-0.15, -0.1) is 0 Å². The van der Waals surface area contributed by atoms with Crippen molar-refractivity contribution in [2.45, 2.75) is 62.9 Å². The third-order valence-electron chi connectivity index (χ3n) is 4.24. The molecule has 0 saturated heterocycles. The van der Waals surface area contributed by atoms with E-state index in [-0.39, 0.29) is 6.10 Å². The molecule has 0 radical (unpaired) electrons. The van der Waals surface area contributed by atoms with Gasteiger partial charge in [-0.3, -0.25) is 0 Å². The molecular formula is C12H22OSi. The van der Waals surface area contributed by atoms with Crippen molar-refractivity contribution in [3.63, 3.8) is 0 Å². The molecular weight excluding hydrogens is 188 g/mol. The van der Waals surface area contributed by atoms with Gasteiger partial charge in [0.1, 0.15) is 0 Å². The summed E-state index contributed by atoms with van der Waals surface area (Å²) in [6, 6.07) is 0. The van der Waals surface area contributed by atoms with E-state index in [9.17, 15) is 5.11 Å². The second-order valence-electron chi connectivity index (χ2n) is 6.03. The summed E-state index contributed by atoms with van der Waals surface area (Å²) in [5.74, 6) is 0. The van der Waals surface area contributed by atoms with Crippen LogP contribution in [-0.4, -0.2) is 19.3 Å². The second kappa shape index (κ2) is 3.21. The number of aliphatic hydroxyl groups is 1. The summed E-state index contributed by atoms with van der Waals surface area (Å²) < 4.78 is 0. The van der Waals surface area contributed by atoms with Crippen LogP contribution in [0.2, 0.25) is 24.7 Å². The number of hydrogen-bond acceptors (Lipinski definition) is 1. The van der Waals surface area contributed by atoms with Crippen molar-refractivity contribution in [1.29, 1.82) is 0 Å². The van der Waals surface area contributed by atoms with Gasteiger partial charge in [-0.1, -0.05) is 31.3 Å². The molecule has 0 aromatic carbocycles. The first-order valence-corrected chi connectivity index (χ1v) is 9.33. The Morgan fingerprint density at radius 1 is 1.29 bits per heavy atom. The molecule has 0 aromatic rings. The standard InChI is InChI=1S/C12H22OSi/c1-14(2,3)12(7-8-12)11(13)9-10-5-4-6-10/h9,11,13H,4-8H2,1-3H3/t11-/m1/s1. The molecule has 1 atom stereocenters. The number of allylic oxidation sites excluding steroid dienone is 1. The minimum absolute atomic E-state index is 0.135. The van der Waals surface area contributed by atoms with Crippen LogP contribution in [-0.2, 0) is 0 Å². The minimum atomic E-state index is -1.19. The Bertz CT molecular complexity index is 252. The third kappa shape index (κ3) is 1.59. The van der Waals surface area contributed by atoms with Gasteiger partial charge in [-0.25, -0.2) is 0 Å². The Morgan fingerprint density at radius 2 is 1.86 bits per heavy atom. The summed E-state index contributed by atoms with van der Waals surface area (Å²) in [5, 5.41) is 10.6. The highest BCUT2D eigenvalue weighted by Gasteiger charge is 2.56. The summed E-state index contributed by atoms with van der Waals surface area (Å²) in [4.78, 5) is 0. The molecule has 80 valence electrons. The van der Waals surface area contributed by atoms with Crippen LogP contribution in [0.15, 0.2) is 11.6 Å². The lowest BCUT2D eigenvalue weighted by Gasteiger charge is -2.33. The number of rotatable bonds is 3. The molecule has 14 heavy (non-hydrogen) atoms. The summed E-state index contributed by atoms with van der Waals surface area (Å²) >= 11 is 0. The van der Waals surface area contributed by atoms with Crippen LogP contribution in [0.25, 0.3) is 0 Å². The van der Waals surface area contributed by atoms with Crippen LogP contribution in [0, 0.1) is 0 Å². The van der Waals surface area contributed by atoms with E-state index < -0.39 is 8.07 Å². The highest BCUT2D eigenvalue weighted by Crippen LogP contribution is 2.63. The third-order valence-corrected chi connectivity index (χ3v) is 8.02. The van der Waals surface area contributed by atoms with Gasteiger partial charge >= 0.3 is 0 Å². The van der Waals surface area contributed by atoms with Crippen molar-refractivity contribution < 1.29 is 5.11 Å². The Labute approximate surface area is 88.2 Å². The van der Waals surface area contributed by atoms with Gasteiger partial charge in [0.25, 0.3) is 0 Å². The largest absolute Gasteiger partial charge is 0.389 e. The van der Waals surface area contributed by atoms with E-state index in [0.717, 1.165) is 0 Å². The summed E-state index contributed by atoms with van der Waals surface area (Å²) in [6.45, 7) is 7.17. The molecule has 2 aliphatic rings. The number of hydrogen-bond donors (Lipinski definition) is 1. The summed E-state index contributed by atoms with van der Waals surface area (Å²) in [5.41, 5.74) is 1.50. The van der Waals surface area contributed by atoms with Crippen LogP contribution < -0.4 is 0 Å². The SMILES string of the molecule is C[Si](C)(C)C1([C@H](O)C=C2CCC2)CC1. The zero-order valence-electron chi connectivity index (χ0n) is 9.64. The molecule has 0 unspecified atom stereocenters. The van der Waals surface area contributed by atoms with Gasteiger partial charge in [-0.05, 0) is 37.1 Å². The zero-order chi connectivity index (χ0) is 10.4. The highest BCUT2D eigenvalue weighted by molar-refractivity contribution is 6.80. The predicted octanol–water partition coefficient (Wildman–Crippen LogP) is 3.33. The zero-order valence-corrected chi connectivity index (χ0v) is 10.6. The number of aliphatic hydroxyl groups excluding tert-OH is 1. The Hall–Kier alpha value is -0.0831. The quantitative estimate of drug-likeness (QED) is 0.559. The van der Waals surface area contributed by atoms with Gasteiger partial charge < -0.3 is 5.11 Å². The second-order valence-corrected chi connectivity index (χ2v) is 11.5. The van der Waals surface area contributed by atoms with Crippen molar-refractivity contribution in [3.8, 4) is 0 Å². The molecule has 2 fully saturated rings. The Balaban J connectivity index is 2.07. The molecule has 1 nitrogen and oxygen atoms in total. The molecule has 1 N–H and O–H groups in total. The van der Waals surface area contributed by atoms with E-state index in [1.807, 2.05) is 0 Å². The molecule has 2 rings (SSSR count). The first-order chi connectivity index (χ1) is 6.46. The van der Waals surface area contributed by atoms with E-state index in [4.69, 9.17) is 0 Å². The minimum Gasteiger partial charge on any atom is -0.389 e. The van der Waals surface area contributed by atoms with Gasteiger partial charge in [0, 0.05) is 0 Å². The van der Waals surface area contributed by atoms with Gasteiger partial charge in [0.2, 0.25) is 0 Å². The maximum atomic E-state index is 10.3. The van der Waals surface area contributed by atoms with Crippen molar-refractivity contribution in [1.82, 2.24) is 0 Å². The normalized spacial score (nSPS) is 26.7. The first kappa shape index (κ1) is 10.4. The van der Waals surface area contributed by atoms with Crippen LogP contribution in [0.3, 0.4) is 0 Å². The monoisotopic (exact) mass is 210 g/mol. The molecule has 0 aliphatic heterocycles. The lowest BCUT2D eigenvalue weighted by atomic mass is 9.90. The molecule has 0 amide bonds. The maximum absolute atomic E-state index is 10.3. The Morgan fingerprint density at radius 3 is 2.14 bits per heavy atom. The Kier molecular flexibility index (Phi) is 2.39. The lowest BCUT2D eigenvalue weighted by molar-refractivity contribution is 0.200. The molecule has 2 aliphatic carbocycles.